The summed E-state index contributed by atoms with van der Waals surface area (Å²) >= 11 is 6.46. The van der Waals surface area contributed by atoms with E-state index in [1.54, 1.807) is 30.3 Å². The minimum Gasteiger partial charge on any atom is -0.468 e. The fourth-order valence-electron chi connectivity index (χ4n) is 3.44. The Bertz CT molecular complexity index is 1200. The summed E-state index contributed by atoms with van der Waals surface area (Å²) in [6.07, 6.45) is 2.14. The van der Waals surface area contributed by atoms with Gasteiger partial charge in [-0.1, -0.05) is 41.9 Å². The molecule has 0 bridgehead atoms. The molecule has 4 rings (SSSR count). The number of hydrogen-bond acceptors (Lipinski definition) is 5. The van der Waals surface area contributed by atoms with Crippen LogP contribution < -0.4 is 15.8 Å². The van der Waals surface area contributed by atoms with Gasteiger partial charge in [0.2, 0.25) is 0 Å². The van der Waals surface area contributed by atoms with Crippen LogP contribution in [0.4, 0.5) is 5.69 Å². The van der Waals surface area contributed by atoms with E-state index >= 15 is 0 Å². The summed E-state index contributed by atoms with van der Waals surface area (Å²) < 4.78 is 10.5. The van der Waals surface area contributed by atoms with Crippen LogP contribution in [0.2, 0.25) is 5.02 Å². The van der Waals surface area contributed by atoms with Crippen LogP contribution in [0.15, 0.2) is 66.7 Å². The van der Waals surface area contributed by atoms with Gasteiger partial charge in [0.05, 0.1) is 12.1 Å². The van der Waals surface area contributed by atoms with Crippen molar-refractivity contribution in [3.63, 3.8) is 0 Å². The monoisotopic (exact) mass is 448 g/mol. The number of nitrogens with one attached hydrogen (secondary N) is 1. The SMILES string of the molecule is COC(=O)[C@H](N)Cc1ccc(Oc2ccc(C=C3C(=O)Nc4ccccc43)c(Cl)c2)cc1. The van der Waals surface area contributed by atoms with Gasteiger partial charge in [-0.2, -0.15) is 0 Å². The number of anilines is 1. The lowest BCUT2D eigenvalue weighted by Gasteiger charge is -2.11. The van der Waals surface area contributed by atoms with E-state index in [1.165, 1.54) is 7.11 Å². The van der Waals surface area contributed by atoms with E-state index < -0.39 is 12.0 Å². The van der Waals surface area contributed by atoms with Gasteiger partial charge in [0.15, 0.2) is 0 Å². The Kier molecular flexibility index (Phi) is 6.25. The standard InChI is InChI=1S/C25H21ClN2O4/c1-31-25(30)22(27)12-15-6-9-17(10-7-15)32-18-11-8-16(21(26)14-18)13-20-19-4-2-3-5-23(19)28-24(20)29/h2-11,13-14,22H,12,27H2,1H3,(H,28,29)/t22-/m1/s1. The number of methoxy groups -OCH3 is 1. The van der Waals surface area contributed by atoms with Gasteiger partial charge < -0.3 is 20.5 Å². The second-order valence-electron chi connectivity index (χ2n) is 7.32. The Balaban J connectivity index is 1.47. The third-order valence-electron chi connectivity index (χ3n) is 5.10. The summed E-state index contributed by atoms with van der Waals surface area (Å²) in [5.41, 5.74) is 9.61. The van der Waals surface area contributed by atoms with Crippen LogP contribution in [0, 0.1) is 0 Å². The number of nitrogens with two attached hydrogens (primary N) is 1. The van der Waals surface area contributed by atoms with E-state index in [-0.39, 0.29) is 5.91 Å². The average Bonchev–Trinajstić information content (AvgIpc) is 3.11. The predicted octanol–water partition coefficient (Wildman–Crippen LogP) is 4.67. The van der Waals surface area contributed by atoms with Crippen LogP contribution in [-0.4, -0.2) is 25.0 Å². The number of fused-ring (bicyclic) bond motifs is 1. The third kappa shape index (κ3) is 4.66. The number of halogens is 1. The van der Waals surface area contributed by atoms with Gasteiger partial charge >= 0.3 is 5.97 Å². The molecule has 1 atom stereocenters. The lowest BCUT2D eigenvalue weighted by atomic mass is 10.0. The summed E-state index contributed by atoms with van der Waals surface area (Å²) in [5.74, 6) is 0.572. The first-order chi connectivity index (χ1) is 15.4. The molecule has 0 saturated heterocycles. The number of amides is 1. The Morgan fingerprint density at radius 2 is 1.81 bits per heavy atom. The lowest BCUT2D eigenvalue weighted by molar-refractivity contribution is -0.142. The molecule has 162 valence electrons. The summed E-state index contributed by atoms with van der Waals surface area (Å²) in [5, 5.41) is 3.31. The smallest absolute Gasteiger partial charge is 0.322 e. The maximum absolute atomic E-state index is 12.3. The first kappa shape index (κ1) is 21.6. The summed E-state index contributed by atoms with van der Waals surface area (Å²) in [7, 11) is 1.31. The topological polar surface area (TPSA) is 90.7 Å². The van der Waals surface area contributed by atoms with Crippen molar-refractivity contribution in [2.45, 2.75) is 12.5 Å². The molecule has 6 nitrogen and oxygen atoms in total. The highest BCUT2D eigenvalue weighted by Gasteiger charge is 2.23. The zero-order chi connectivity index (χ0) is 22.7. The number of carbonyl (C=O) groups excluding carboxylic acids is 2. The molecule has 1 aliphatic heterocycles. The number of rotatable bonds is 6. The van der Waals surface area contributed by atoms with Crippen molar-refractivity contribution in [2.75, 3.05) is 12.4 Å². The molecule has 1 aliphatic rings. The van der Waals surface area contributed by atoms with Gasteiger partial charge in [-0.05, 0) is 60.0 Å². The van der Waals surface area contributed by atoms with Gasteiger partial charge in [0.25, 0.3) is 5.91 Å². The highest BCUT2D eigenvalue weighted by molar-refractivity contribution is 6.37. The van der Waals surface area contributed by atoms with Gasteiger partial charge in [-0.15, -0.1) is 0 Å². The molecule has 7 heteroatoms. The molecular weight excluding hydrogens is 428 g/mol. The van der Waals surface area contributed by atoms with Crippen LogP contribution in [0.5, 0.6) is 11.5 Å². The van der Waals surface area contributed by atoms with Gasteiger partial charge in [0, 0.05) is 16.8 Å². The van der Waals surface area contributed by atoms with E-state index in [4.69, 9.17) is 22.1 Å². The number of hydrogen-bond donors (Lipinski definition) is 2. The molecule has 3 aromatic carbocycles. The Morgan fingerprint density at radius 1 is 1.09 bits per heavy atom. The Morgan fingerprint density at radius 3 is 2.53 bits per heavy atom. The molecule has 1 heterocycles. The van der Waals surface area contributed by atoms with Gasteiger partial charge in [-0.25, -0.2) is 0 Å². The number of ether oxygens (including phenoxy) is 2. The van der Waals surface area contributed by atoms with Crippen molar-refractivity contribution in [2.24, 2.45) is 5.73 Å². The second kappa shape index (κ2) is 9.26. The summed E-state index contributed by atoms with van der Waals surface area (Å²) in [4.78, 5) is 23.8. The highest BCUT2D eigenvalue weighted by Crippen LogP contribution is 2.35. The van der Waals surface area contributed by atoms with Crippen molar-refractivity contribution in [3.8, 4) is 11.5 Å². The first-order valence-corrected chi connectivity index (χ1v) is 10.3. The molecule has 0 fully saturated rings. The number of benzene rings is 3. The fraction of sp³-hybridized carbons (Fsp3) is 0.120. The molecular formula is C25H21ClN2O4. The lowest BCUT2D eigenvalue weighted by Crippen LogP contribution is -2.33. The van der Waals surface area contributed by atoms with Crippen molar-refractivity contribution < 1.29 is 19.1 Å². The predicted molar refractivity (Wildman–Crippen MR) is 125 cm³/mol. The zero-order valence-electron chi connectivity index (χ0n) is 17.3. The maximum atomic E-state index is 12.3. The molecule has 0 saturated carbocycles. The quantitative estimate of drug-likeness (QED) is 0.422. The number of para-hydroxylation sites is 1. The summed E-state index contributed by atoms with van der Waals surface area (Å²) in [6.45, 7) is 0. The summed E-state index contributed by atoms with van der Waals surface area (Å²) in [6, 6.07) is 19.4. The van der Waals surface area contributed by atoms with E-state index in [2.05, 4.69) is 10.1 Å². The molecule has 0 aliphatic carbocycles. The second-order valence-corrected chi connectivity index (χ2v) is 7.73. The molecule has 0 spiro atoms. The Labute approximate surface area is 190 Å². The normalized spacial score (nSPS) is 14.6. The van der Waals surface area contributed by atoms with E-state index in [1.807, 2.05) is 42.5 Å². The van der Waals surface area contributed by atoms with Gasteiger partial charge in [0.1, 0.15) is 17.5 Å². The maximum Gasteiger partial charge on any atom is 0.322 e. The van der Waals surface area contributed by atoms with Gasteiger partial charge in [-0.3, -0.25) is 9.59 Å². The number of esters is 1. The minimum atomic E-state index is -0.707. The molecule has 1 amide bonds. The van der Waals surface area contributed by atoms with Crippen molar-refractivity contribution in [1.29, 1.82) is 0 Å². The van der Waals surface area contributed by atoms with E-state index in [0.717, 1.165) is 16.8 Å². The minimum absolute atomic E-state index is 0.158. The average molecular weight is 449 g/mol. The molecule has 0 aromatic heterocycles. The molecule has 3 aromatic rings. The third-order valence-corrected chi connectivity index (χ3v) is 5.43. The molecule has 0 radical (unpaired) electrons. The largest absolute Gasteiger partial charge is 0.468 e. The van der Waals surface area contributed by atoms with Crippen molar-refractivity contribution >= 4 is 40.8 Å². The van der Waals surface area contributed by atoms with E-state index in [0.29, 0.717) is 34.1 Å². The van der Waals surface area contributed by atoms with Crippen molar-refractivity contribution in [1.82, 2.24) is 0 Å². The van der Waals surface area contributed by atoms with Crippen LogP contribution in [0.3, 0.4) is 0 Å². The van der Waals surface area contributed by atoms with Crippen LogP contribution in [0.25, 0.3) is 11.6 Å². The zero-order valence-corrected chi connectivity index (χ0v) is 18.1. The number of carbonyl (C=O) groups is 2. The van der Waals surface area contributed by atoms with Crippen LogP contribution in [0.1, 0.15) is 16.7 Å². The van der Waals surface area contributed by atoms with E-state index in [9.17, 15) is 9.59 Å². The van der Waals surface area contributed by atoms with Crippen molar-refractivity contribution in [3.05, 3.63) is 88.4 Å². The first-order valence-electron chi connectivity index (χ1n) is 9.97. The van der Waals surface area contributed by atoms with Crippen LogP contribution >= 0.6 is 11.6 Å². The fourth-order valence-corrected chi connectivity index (χ4v) is 3.67. The molecule has 32 heavy (non-hydrogen) atoms. The van der Waals surface area contributed by atoms with Crippen LogP contribution in [-0.2, 0) is 20.7 Å². The Hall–Kier alpha value is -3.61. The molecule has 0 unspecified atom stereocenters. The highest BCUT2D eigenvalue weighted by atomic mass is 35.5. The molecule has 3 N–H and O–H groups in total.